The average Bonchev–Trinajstić information content (AvgIpc) is 4.18. The summed E-state index contributed by atoms with van der Waals surface area (Å²) in [5.41, 5.74) is 4.28. The third-order valence-electron chi connectivity index (χ3n) is 13.7. The molecule has 1 aliphatic carbocycles. The van der Waals surface area contributed by atoms with Crippen LogP contribution in [-0.2, 0) is 33.7 Å². The Labute approximate surface area is 453 Å². The fraction of sp³-hybridized carbons (Fsp3) is 0.327. The van der Waals surface area contributed by atoms with E-state index in [0.29, 0.717) is 72.7 Å². The predicted octanol–water partition coefficient (Wildman–Crippen LogP) is 6.16. The Kier molecular flexibility index (Phi) is 16.0. The molecule has 8 aromatic rings. The van der Waals surface area contributed by atoms with Gasteiger partial charge in [-0.15, -0.1) is 0 Å². The van der Waals surface area contributed by atoms with E-state index in [1.54, 1.807) is 74.0 Å². The topological polar surface area (TPSA) is 253 Å². The zero-order chi connectivity index (χ0) is 55.2. The van der Waals surface area contributed by atoms with E-state index >= 15 is 4.39 Å². The van der Waals surface area contributed by atoms with Gasteiger partial charge in [-0.2, -0.15) is 5.10 Å². The number of aromatic nitrogens is 7. The van der Waals surface area contributed by atoms with Crippen LogP contribution in [0.25, 0.3) is 27.9 Å². The van der Waals surface area contributed by atoms with Gasteiger partial charge in [0.25, 0.3) is 21.8 Å². The number of ether oxygens (including phenoxy) is 3. The molecule has 2 fully saturated rings. The van der Waals surface area contributed by atoms with Crippen molar-refractivity contribution in [1.82, 2.24) is 54.1 Å². The number of fused-ring (bicyclic) bond motifs is 2. The standard InChI is InChI=1S/C55H60FN13O9S/c1-4-5-22-77-39-9-7-10-40(27-39)78-49-29-47-46(65(2)55(73)66(47)3)28-44(49)64-79(74,75)41-11-6-8-36(25-41)53(71)58-17-24-76-23-16-57-50(70)34-67-18-20-68(21-19-67)54(72)37-14-15-43(42(56)26-37)62-51-52-59-32-48(38-30-60-61-31-38)69(52)33-45(63-51)35-12-13-35/h6-11,14-15,25-33,35,64H,4-5,12-13,16-24,34H2,1-3H3,(H,57,70)(H,58,71)(H,60,61)(H,62,63). The number of amides is 3. The van der Waals surface area contributed by atoms with Crippen LogP contribution in [0.5, 0.6) is 17.2 Å². The largest absolute Gasteiger partial charge is 0.493 e. The van der Waals surface area contributed by atoms with Gasteiger partial charge in [-0.3, -0.25) is 42.6 Å². The number of unbranched alkanes of at least 4 members (excludes halogenated alkanes) is 1. The van der Waals surface area contributed by atoms with E-state index in [4.69, 9.17) is 19.2 Å². The second kappa shape index (κ2) is 23.6. The van der Waals surface area contributed by atoms with Crippen LogP contribution in [0.3, 0.4) is 0 Å². The van der Waals surface area contributed by atoms with Gasteiger partial charge in [0.1, 0.15) is 17.3 Å². The number of piperazine rings is 1. The van der Waals surface area contributed by atoms with Gasteiger partial charge < -0.3 is 35.1 Å². The van der Waals surface area contributed by atoms with Crippen LogP contribution in [0.15, 0.2) is 113 Å². The second-order valence-corrected chi connectivity index (χ2v) is 21.1. The summed E-state index contributed by atoms with van der Waals surface area (Å²) in [6.45, 7) is 4.92. The lowest BCUT2D eigenvalue weighted by Crippen LogP contribution is -2.51. The first-order valence-corrected chi connectivity index (χ1v) is 27.5. The maximum atomic E-state index is 15.7. The minimum absolute atomic E-state index is 0.0660. The van der Waals surface area contributed by atoms with Gasteiger partial charge in [-0.1, -0.05) is 25.5 Å². The molecule has 5 heterocycles. The highest BCUT2D eigenvalue weighted by Crippen LogP contribution is 2.41. The summed E-state index contributed by atoms with van der Waals surface area (Å²) >= 11 is 0. The predicted molar refractivity (Wildman–Crippen MR) is 293 cm³/mol. The Balaban J connectivity index is 0.653. The number of sulfonamides is 1. The molecule has 10 rings (SSSR count). The molecule has 1 aliphatic heterocycles. The minimum Gasteiger partial charge on any atom is -0.493 e. The maximum absolute atomic E-state index is 15.7. The van der Waals surface area contributed by atoms with Gasteiger partial charge in [0.05, 0.1) is 77.5 Å². The van der Waals surface area contributed by atoms with Crippen LogP contribution >= 0.6 is 0 Å². The zero-order valence-corrected chi connectivity index (χ0v) is 44.6. The quantitative estimate of drug-likeness (QED) is 0.0450. The van der Waals surface area contributed by atoms with Crippen molar-refractivity contribution >= 4 is 61.6 Å². The van der Waals surface area contributed by atoms with Crippen LogP contribution in [0.2, 0.25) is 0 Å². The molecule has 412 valence electrons. The summed E-state index contributed by atoms with van der Waals surface area (Å²) in [6, 6.07) is 20.0. The molecular weight excluding hydrogens is 1040 g/mol. The fourth-order valence-corrected chi connectivity index (χ4v) is 10.3. The third-order valence-corrected chi connectivity index (χ3v) is 15.1. The van der Waals surface area contributed by atoms with E-state index in [0.717, 1.165) is 42.6 Å². The Morgan fingerprint density at radius 2 is 1.59 bits per heavy atom. The number of H-pyrrole nitrogens is 1. The van der Waals surface area contributed by atoms with Crippen LogP contribution in [0.4, 0.5) is 21.6 Å². The molecular formula is C55H60FN13O9S. The summed E-state index contributed by atoms with van der Waals surface area (Å²) in [5, 5.41) is 15.6. The lowest BCUT2D eigenvalue weighted by Gasteiger charge is -2.34. The highest BCUT2D eigenvalue weighted by molar-refractivity contribution is 7.92. The summed E-state index contributed by atoms with van der Waals surface area (Å²) in [4.78, 5) is 65.1. The minimum atomic E-state index is -4.31. The van der Waals surface area contributed by atoms with E-state index < -0.39 is 21.7 Å². The molecule has 4 aromatic heterocycles. The zero-order valence-electron chi connectivity index (χ0n) is 43.8. The van der Waals surface area contributed by atoms with E-state index in [9.17, 15) is 27.6 Å². The van der Waals surface area contributed by atoms with Crippen molar-refractivity contribution < 1.29 is 41.4 Å². The summed E-state index contributed by atoms with van der Waals surface area (Å²) in [6.07, 6.45) is 11.1. The summed E-state index contributed by atoms with van der Waals surface area (Å²) < 4.78 is 68.6. The first-order chi connectivity index (χ1) is 38.2. The number of hydrogen-bond acceptors (Lipinski definition) is 14. The number of carbonyl (C=O) groups is 3. The number of hydrogen-bond donors (Lipinski definition) is 5. The third kappa shape index (κ3) is 12.4. The molecule has 0 unspecified atom stereocenters. The number of anilines is 3. The number of halogens is 1. The van der Waals surface area contributed by atoms with Gasteiger partial charge >= 0.3 is 5.69 Å². The van der Waals surface area contributed by atoms with Crippen molar-refractivity contribution in [2.45, 2.75) is 43.4 Å². The maximum Gasteiger partial charge on any atom is 0.328 e. The number of aromatic amines is 1. The van der Waals surface area contributed by atoms with Crippen molar-refractivity contribution in [1.29, 1.82) is 0 Å². The average molecular weight is 1100 g/mol. The molecule has 0 atom stereocenters. The van der Waals surface area contributed by atoms with Gasteiger partial charge in [-0.05, 0) is 73.9 Å². The van der Waals surface area contributed by atoms with E-state index in [1.807, 2.05) is 15.5 Å². The first-order valence-electron chi connectivity index (χ1n) is 26.0. The summed E-state index contributed by atoms with van der Waals surface area (Å²) in [7, 11) is -1.11. The highest BCUT2D eigenvalue weighted by atomic mass is 32.2. The number of nitrogens with one attached hydrogen (secondary N) is 5. The van der Waals surface area contributed by atoms with Crippen LogP contribution < -0.4 is 35.8 Å². The molecule has 2 aliphatic rings. The number of imidazole rings is 2. The number of aryl methyl sites for hydroxylation is 2. The smallest absolute Gasteiger partial charge is 0.328 e. The first kappa shape index (κ1) is 53.8. The van der Waals surface area contributed by atoms with E-state index in [2.05, 4.69) is 42.8 Å². The van der Waals surface area contributed by atoms with E-state index in [-0.39, 0.29) is 83.5 Å². The number of benzene rings is 4. The SMILES string of the molecule is CCCCOc1cccc(Oc2cc3c(cc2NS(=O)(=O)c2cccc(C(=O)NCCOCCNC(=O)CN4CCN(C(=O)c5ccc(Nc6nc(C7CC7)cn7c(-c8cn[nH]c8)cnc67)c(F)c5)CC4)c2)n(C)c(=O)n3C)c1. The summed E-state index contributed by atoms with van der Waals surface area (Å²) in [5.74, 6) is 0.168. The molecule has 0 spiro atoms. The lowest BCUT2D eigenvalue weighted by molar-refractivity contribution is -0.122. The number of carbonyl (C=O) groups excluding carboxylic acids is 3. The molecule has 3 amide bonds. The van der Waals surface area contributed by atoms with Crippen LogP contribution in [0, 0.1) is 5.82 Å². The van der Waals surface area contributed by atoms with Crippen molar-refractivity contribution in [3.63, 3.8) is 0 Å². The number of rotatable bonds is 23. The van der Waals surface area contributed by atoms with Gasteiger partial charge in [0.15, 0.2) is 17.2 Å². The van der Waals surface area contributed by atoms with Gasteiger partial charge in [0.2, 0.25) is 5.91 Å². The highest BCUT2D eigenvalue weighted by Gasteiger charge is 2.29. The molecule has 4 aromatic carbocycles. The lowest BCUT2D eigenvalue weighted by atomic mass is 10.1. The van der Waals surface area contributed by atoms with Crippen LogP contribution in [-0.4, -0.2) is 135 Å². The molecule has 1 saturated heterocycles. The molecule has 5 N–H and O–H groups in total. The Bertz CT molecular complexity index is 3720. The molecule has 79 heavy (non-hydrogen) atoms. The normalized spacial score (nSPS) is 13.9. The molecule has 22 nitrogen and oxygen atoms in total. The van der Waals surface area contributed by atoms with Crippen molar-refractivity contribution in [2.75, 3.05) is 75.7 Å². The molecule has 0 bridgehead atoms. The van der Waals surface area contributed by atoms with Gasteiger partial charge in [0, 0.05) is 100 Å². The van der Waals surface area contributed by atoms with Crippen molar-refractivity contribution in [2.24, 2.45) is 14.1 Å². The Morgan fingerprint density at radius 1 is 0.835 bits per heavy atom. The van der Waals surface area contributed by atoms with Crippen LogP contribution in [0.1, 0.15) is 64.9 Å². The second-order valence-electron chi connectivity index (χ2n) is 19.4. The van der Waals surface area contributed by atoms with Crippen molar-refractivity contribution in [3.8, 4) is 28.5 Å². The molecule has 24 heteroatoms. The fourth-order valence-electron chi connectivity index (χ4n) is 9.19. The Hall–Kier alpha value is -8.61. The van der Waals surface area contributed by atoms with E-state index in [1.165, 1.54) is 51.6 Å². The monoisotopic (exact) mass is 1100 g/mol. The number of nitrogens with zero attached hydrogens (tertiary/aromatic N) is 8. The molecule has 1 saturated carbocycles. The Morgan fingerprint density at radius 3 is 2.34 bits per heavy atom. The van der Waals surface area contributed by atoms with Gasteiger partial charge in [-0.25, -0.2) is 27.6 Å². The van der Waals surface area contributed by atoms with Crippen molar-refractivity contribution in [3.05, 3.63) is 137 Å². The molecule has 0 radical (unpaired) electrons.